The van der Waals surface area contributed by atoms with Gasteiger partial charge in [0.2, 0.25) is 0 Å². The number of aliphatic hydroxyl groups excluding tert-OH is 1. The van der Waals surface area contributed by atoms with Crippen molar-refractivity contribution in [3.63, 3.8) is 0 Å². The van der Waals surface area contributed by atoms with E-state index in [9.17, 15) is 19.5 Å². The summed E-state index contributed by atoms with van der Waals surface area (Å²) in [4.78, 5) is 37.7. The molecular formula is C17H27N2O6P. The third kappa shape index (κ3) is 4.82. The number of carbonyl (C=O) groups is 1. The van der Waals surface area contributed by atoms with Crippen LogP contribution in [0.4, 0.5) is 0 Å². The van der Waals surface area contributed by atoms with Crippen LogP contribution in [0.5, 0.6) is 0 Å². The Hall–Kier alpha value is -1.47. The van der Waals surface area contributed by atoms with Crippen LogP contribution >= 0.6 is 6.89 Å². The van der Waals surface area contributed by atoms with Gasteiger partial charge in [0.15, 0.2) is 6.23 Å². The number of Topliss-reactive ketones (excluding diaryl/α,β-unsaturated/α-hetero) is 1. The standard InChI is InChI=1S/C17H27N2O6P/c1-10(20)8-11-9-19(17(23)18-15(11)22)16-14(24-2)13(21)12(25-16)6-7-26(3,4)5/h9,12-14,16,21H,3,6-8H2,1-2,4-5H3,(H,18,22,23)/t12-,13-,14-,16-/m1/s1. The Morgan fingerprint density at radius 1 is 1.46 bits per heavy atom. The number of aliphatic hydroxyl groups is 1. The lowest BCUT2D eigenvalue weighted by Crippen LogP contribution is -2.39. The zero-order chi connectivity index (χ0) is 19.6. The van der Waals surface area contributed by atoms with Gasteiger partial charge in [-0.1, -0.05) is 0 Å². The van der Waals surface area contributed by atoms with Crippen molar-refractivity contribution in [3.05, 3.63) is 32.6 Å². The van der Waals surface area contributed by atoms with Gasteiger partial charge >= 0.3 is 5.69 Å². The molecule has 1 saturated heterocycles. The molecule has 2 heterocycles. The summed E-state index contributed by atoms with van der Waals surface area (Å²) < 4.78 is 12.5. The number of nitrogens with one attached hydrogen (secondary N) is 1. The van der Waals surface area contributed by atoms with E-state index in [0.717, 1.165) is 6.16 Å². The van der Waals surface area contributed by atoms with Gasteiger partial charge in [-0.2, -0.15) is 0 Å². The highest BCUT2D eigenvalue weighted by atomic mass is 31.2. The zero-order valence-corrected chi connectivity index (χ0v) is 16.5. The minimum Gasteiger partial charge on any atom is -0.388 e. The molecule has 0 aromatic carbocycles. The van der Waals surface area contributed by atoms with Crippen LogP contribution in [0.15, 0.2) is 15.8 Å². The van der Waals surface area contributed by atoms with E-state index < -0.39 is 42.7 Å². The molecule has 1 aliphatic heterocycles. The van der Waals surface area contributed by atoms with Crippen LogP contribution in [0.1, 0.15) is 25.1 Å². The molecule has 0 spiro atoms. The number of rotatable bonds is 7. The van der Waals surface area contributed by atoms with Crippen LogP contribution in [0.25, 0.3) is 0 Å². The fraction of sp³-hybridized carbons (Fsp3) is 0.647. The summed E-state index contributed by atoms with van der Waals surface area (Å²) in [5.41, 5.74) is -1.11. The maximum absolute atomic E-state index is 12.3. The molecule has 2 N–H and O–H groups in total. The third-order valence-corrected chi connectivity index (χ3v) is 5.83. The lowest BCUT2D eigenvalue weighted by Gasteiger charge is -2.20. The molecule has 4 atom stereocenters. The SMILES string of the molecule is C=P(C)(C)CC[C@H]1O[C@@H](n2cc(CC(C)=O)c(=O)[nH]c2=O)[C@H](OC)[C@@H]1O. The topological polar surface area (TPSA) is 111 Å². The molecule has 1 aromatic rings. The molecule has 26 heavy (non-hydrogen) atoms. The molecular weight excluding hydrogens is 359 g/mol. The molecule has 0 bridgehead atoms. The molecule has 0 saturated carbocycles. The summed E-state index contributed by atoms with van der Waals surface area (Å²) >= 11 is 0. The second-order valence-electron chi connectivity index (χ2n) is 7.40. The molecule has 9 heteroatoms. The van der Waals surface area contributed by atoms with Crippen LogP contribution in [0.3, 0.4) is 0 Å². The molecule has 1 fully saturated rings. The van der Waals surface area contributed by atoms with Crippen LogP contribution < -0.4 is 11.2 Å². The molecule has 1 aromatic heterocycles. The van der Waals surface area contributed by atoms with E-state index in [4.69, 9.17) is 9.47 Å². The molecule has 8 nitrogen and oxygen atoms in total. The minimum atomic E-state index is -1.29. The van der Waals surface area contributed by atoms with Gasteiger partial charge < -0.3 is 14.6 Å². The van der Waals surface area contributed by atoms with Gasteiger partial charge in [-0.05, 0) is 32.8 Å². The van der Waals surface area contributed by atoms with Gasteiger partial charge in [0.25, 0.3) is 5.56 Å². The van der Waals surface area contributed by atoms with E-state index >= 15 is 0 Å². The largest absolute Gasteiger partial charge is 0.388 e. The van der Waals surface area contributed by atoms with Gasteiger partial charge in [0.05, 0.1) is 6.10 Å². The van der Waals surface area contributed by atoms with Gasteiger partial charge in [-0.25, -0.2) is 4.79 Å². The molecule has 0 radical (unpaired) electrons. The normalized spacial score (nSPS) is 26.2. The second-order valence-corrected chi connectivity index (χ2v) is 11.7. The van der Waals surface area contributed by atoms with Crippen molar-refractivity contribution in [2.45, 2.75) is 44.3 Å². The highest BCUT2D eigenvalue weighted by Crippen LogP contribution is 2.39. The van der Waals surface area contributed by atoms with Crippen molar-refractivity contribution in [1.29, 1.82) is 0 Å². The van der Waals surface area contributed by atoms with E-state index in [-0.39, 0.29) is 17.8 Å². The van der Waals surface area contributed by atoms with Crippen molar-refractivity contribution in [2.75, 3.05) is 26.6 Å². The van der Waals surface area contributed by atoms with Crippen molar-refractivity contribution in [2.24, 2.45) is 0 Å². The third-order valence-electron chi connectivity index (χ3n) is 4.36. The molecule has 0 unspecified atom stereocenters. The monoisotopic (exact) mass is 386 g/mol. The Kier molecular flexibility index (Phi) is 6.45. The van der Waals surface area contributed by atoms with Crippen LogP contribution in [0, 0.1) is 0 Å². The predicted molar refractivity (Wildman–Crippen MR) is 102 cm³/mol. The average Bonchev–Trinajstić information content (AvgIpc) is 2.82. The van der Waals surface area contributed by atoms with E-state index in [1.54, 1.807) is 0 Å². The number of aromatic nitrogens is 2. The lowest BCUT2D eigenvalue weighted by atomic mass is 10.1. The lowest BCUT2D eigenvalue weighted by molar-refractivity contribution is -0.116. The molecule has 2 rings (SSSR count). The molecule has 0 aliphatic carbocycles. The summed E-state index contributed by atoms with van der Waals surface area (Å²) in [7, 11) is 1.43. The molecule has 146 valence electrons. The Labute approximate surface area is 152 Å². The van der Waals surface area contributed by atoms with Crippen molar-refractivity contribution in [3.8, 4) is 0 Å². The van der Waals surface area contributed by atoms with Crippen molar-refractivity contribution >= 4 is 19.0 Å². The summed E-state index contributed by atoms with van der Waals surface area (Å²) in [6.45, 7) is 4.27. The highest BCUT2D eigenvalue weighted by Gasteiger charge is 2.45. The van der Waals surface area contributed by atoms with Gasteiger partial charge in [-0.15, -0.1) is 13.2 Å². The van der Waals surface area contributed by atoms with E-state index in [0.29, 0.717) is 6.42 Å². The predicted octanol–water partition coefficient (Wildman–Crippen LogP) is 0.0407. The first-order chi connectivity index (χ1) is 12.0. The van der Waals surface area contributed by atoms with E-state index in [1.165, 1.54) is 24.8 Å². The average molecular weight is 386 g/mol. The number of methoxy groups -OCH3 is 1. The molecule has 1 aliphatic rings. The maximum atomic E-state index is 12.3. The first-order valence-corrected chi connectivity index (χ1v) is 11.5. The van der Waals surface area contributed by atoms with E-state index in [2.05, 4.69) is 24.6 Å². The molecule has 0 amide bonds. The fourth-order valence-corrected chi connectivity index (χ4v) is 3.98. The highest BCUT2D eigenvalue weighted by molar-refractivity contribution is 7.72. The second kappa shape index (κ2) is 8.05. The Bertz CT molecular complexity index is 823. The Morgan fingerprint density at radius 2 is 2.12 bits per heavy atom. The number of ketones is 1. The number of H-pyrrole nitrogens is 1. The number of aromatic amines is 1. The first kappa shape index (κ1) is 20.8. The smallest absolute Gasteiger partial charge is 0.330 e. The maximum Gasteiger partial charge on any atom is 0.330 e. The van der Waals surface area contributed by atoms with Crippen LogP contribution in [0.2, 0.25) is 0 Å². The Morgan fingerprint density at radius 3 is 2.65 bits per heavy atom. The quantitative estimate of drug-likeness (QED) is 0.641. The number of carbonyl (C=O) groups excluding carboxylic acids is 1. The number of nitrogens with zero attached hydrogens (tertiary/aromatic N) is 1. The number of hydrogen-bond acceptors (Lipinski definition) is 6. The van der Waals surface area contributed by atoms with E-state index in [1.807, 2.05) is 0 Å². The zero-order valence-electron chi connectivity index (χ0n) is 15.6. The first-order valence-electron chi connectivity index (χ1n) is 8.41. The minimum absolute atomic E-state index is 0.0911. The van der Waals surface area contributed by atoms with Crippen LogP contribution in [-0.2, 0) is 20.7 Å². The van der Waals surface area contributed by atoms with Crippen LogP contribution in [-0.4, -0.2) is 71.7 Å². The van der Waals surface area contributed by atoms with Crippen molar-refractivity contribution in [1.82, 2.24) is 9.55 Å². The number of ether oxygens (including phenoxy) is 2. The Balaban J connectivity index is 2.34. The summed E-state index contributed by atoms with van der Waals surface area (Å²) in [6, 6.07) is 0. The summed E-state index contributed by atoms with van der Waals surface area (Å²) in [6.07, 6.45) is 3.74. The summed E-state index contributed by atoms with van der Waals surface area (Å²) in [5.74, 6) is -0.198. The fourth-order valence-electron chi connectivity index (χ4n) is 3.02. The van der Waals surface area contributed by atoms with Crippen molar-refractivity contribution < 1.29 is 19.4 Å². The summed E-state index contributed by atoms with van der Waals surface area (Å²) in [5, 5.41) is 10.5. The van der Waals surface area contributed by atoms with Gasteiger partial charge in [-0.3, -0.25) is 19.1 Å². The van der Waals surface area contributed by atoms with Gasteiger partial charge in [0, 0.05) is 25.3 Å². The van der Waals surface area contributed by atoms with Gasteiger partial charge in [0.1, 0.15) is 18.0 Å². The number of hydrogen-bond donors (Lipinski definition) is 2.